The molecule has 18 nitrogen and oxygen atoms in total. The Morgan fingerprint density at radius 1 is 0.462 bits per heavy atom. The van der Waals surface area contributed by atoms with Crippen LogP contribution in [-0.4, -0.2) is 144 Å². The van der Waals surface area contributed by atoms with Crippen LogP contribution >= 0.6 is 0 Å². The van der Waals surface area contributed by atoms with Crippen LogP contribution in [0.2, 0.25) is 0 Å². The maximum absolute atomic E-state index is 14.7. The molecular weight excluding hydrogens is 1240 g/mol. The number of halogens is 4. The van der Waals surface area contributed by atoms with Crippen LogP contribution in [0.5, 0.6) is 23.0 Å². The van der Waals surface area contributed by atoms with Crippen LogP contribution in [0.3, 0.4) is 0 Å². The summed E-state index contributed by atoms with van der Waals surface area (Å²) >= 11 is 0. The number of ether oxygens (including phenoxy) is 4. The molecule has 2 amide bonds. The van der Waals surface area contributed by atoms with Gasteiger partial charge in [-0.1, -0.05) is 88.4 Å². The number of aromatic nitrogens is 2. The standard InChI is InChI=1S/2C35H38F2N2O7.Ca/c2*1-20(2)33-32(35(44)38-28-13-11-25(45-3)19-29(28)46-4)31(21-8-6-5-7-9-21)34(22-10-12-26(36)27(37)16-22)39(33)15-14-23(40)17-24(41)18-30(42)43;/h2*5-13,16,19-20,23-24,40-41H,14-15,17-18H2,1-4H3,(H,38,44)(H,42,43);/q;;+2/p-2/t2*23-,24-;/m11./s1. The molecule has 0 radical (unpaired) electrons. The van der Waals surface area contributed by atoms with Gasteiger partial charge < -0.3 is 78.9 Å². The number of hydrogen-bond donors (Lipinski definition) is 6. The van der Waals surface area contributed by atoms with Crippen molar-refractivity contribution in [3.63, 3.8) is 0 Å². The molecule has 0 saturated heterocycles. The Morgan fingerprint density at radius 2 is 0.817 bits per heavy atom. The molecule has 8 rings (SSSR count). The Kier molecular flexibility index (Phi) is 27.1. The second-order valence-corrected chi connectivity index (χ2v) is 22.4. The fourth-order valence-corrected chi connectivity index (χ4v) is 11.2. The Bertz CT molecular complexity index is 3630. The second-order valence-electron chi connectivity index (χ2n) is 22.4. The number of aliphatic hydroxyl groups excluding tert-OH is 4. The molecule has 0 aliphatic carbocycles. The normalized spacial score (nSPS) is 12.4. The number of carbonyl (C=O) groups is 4. The number of carboxylic acid groups (broad SMARTS) is 2. The van der Waals surface area contributed by atoms with Gasteiger partial charge in [-0.3, -0.25) is 9.59 Å². The predicted molar refractivity (Wildman–Crippen MR) is 341 cm³/mol. The zero-order valence-electron chi connectivity index (χ0n) is 52.8. The molecule has 0 bridgehead atoms. The molecule has 93 heavy (non-hydrogen) atoms. The number of carbonyl (C=O) groups excluding carboxylic acids is 4. The molecular formula is C70H74CaF4N4O14. The Labute approximate surface area is 566 Å². The smallest absolute Gasteiger partial charge is 0.550 e. The maximum Gasteiger partial charge on any atom is 2.00 e. The third-order valence-electron chi connectivity index (χ3n) is 15.2. The second kappa shape index (κ2) is 34.1. The third kappa shape index (κ3) is 18.6. The van der Waals surface area contributed by atoms with E-state index in [0.717, 1.165) is 24.3 Å². The summed E-state index contributed by atoms with van der Waals surface area (Å²) < 4.78 is 82.9. The number of carboxylic acids is 2. The summed E-state index contributed by atoms with van der Waals surface area (Å²) in [6.45, 7) is 7.75. The fourth-order valence-electron chi connectivity index (χ4n) is 11.2. The monoisotopic (exact) mass is 1310 g/mol. The molecule has 6 aromatic carbocycles. The number of anilines is 2. The first kappa shape index (κ1) is 73.8. The summed E-state index contributed by atoms with van der Waals surface area (Å²) in [5.74, 6) is -6.85. The van der Waals surface area contributed by atoms with Crippen LogP contribution in [0.1, 0.15) is 110 Å². The number of nitrogens with one attached hydrogen (secondary N) is 2. The van der Waals surface area contributed by atoms with E-state index >= 15 is 0 Å². The Morgan fingerprint density at radius 3 is 1.12 bits per heavy atom. The van der Waals surface area contributed by atoms with E-state index in [4.69, 9.17) is 18.9 Å². The van der Waals surface area contributed by atoms with Gasteiger partial charge in [-0.15, -0.1) is 0 Å². The average Bonchev–Trinajstić information content (AvgIpc) is 1.60. The summed E-state index contributed by atoms with van der Waals surface area (Å²) in [5.41, 5.74) is 6.08. The van der Waals surface area contributed by atoms with E-state index in [-0.39, 0.29) is 99.5 Å². The third-order valence-corrected chi connectivity index (χ3v) is 15.2. The number of amides is 2. The molecule has 0 saturated carbocycles. The first-order valence-electron chi connectivity index (χ1n) is 29.6. The number of aliphatic carboxylic acids is 2. The van der Waals surface area contributed by atoms with Gasteiger partial charge in [0.1, 0.15) is 23.0 Å². The number of methoxy groups -OCH3 is 4. The fraction of sp³-hybridized carbons (Fsp3) is 0.314. The summed E-state index contributed by atoms with van der Waals surface area (Å²) in [4.78, 5) is 50.6. The van der Waals surface area contributed by atoms with Gasteiger partial charge in [0, 0.05) is 83.6 Å². The minimum absolute atomic E-state index is 0. The van der Waals surface area contributed by atoms with Crippen molar-refractivity contribution in [2.45, 2.75) is 116 Å². The first-order valence-corrected chi connectivity index (χ1v) is 29.6. The van der Waals surface area contributed by atoms with E-state index in [9.17, 15) is 67.4 Å². The van der Waals surface area contributed by atoms with Crippen molar-refractivity contribution in [3.8, 4) is 67.8 Å². The van der Waals surface area contributed by atoms with Crippen molar-refractivity contribution in [2.75, 3.05) is 39.1 Å². The van der Waals surface area contributed by atoms with Crippen LogP contribution in [-0.2, 0) is 22.7 Å². The molecule has 0 unspecified atom stereocenters. The summed E-state index contributed by atoms with van der Waals surface area (Å²) in [5, 5.41) is 69.4. The van der Waals surface area contributed by atoms with Gasteiger partial charge in [-0.05, 0) is 109 Å². The molecule has 2 heterocycles. The van der Waals surface area contributed by atoms with Gasteiger partial charge in [-0.2, -0.15) is 0 Å². The Hall–Kier alpha value is -8.22. The molecule has 0 aliphatic heterocycles. The number of benzene rings is 6. The minimum Gasteiger partial charge on any atom is -0.550 e. The summed E-state index contributed by atoms with van der Waals surface area (Å²) in [6, 6.07) is 35.0. The Balaban J connectivity index is 0.000000292. The van der Waals surface area contributed by atoms with Crippen LogP contribution in [0.15, 0.2) is 133 Å². The maximum atomic E-state index is 14.7. The van der Waals surface area contributed by atoms with Crippen molar-refractivity contribution in [3.05, 3.63) is 179 Å². The van der Waals surface area contributed by atoms with Crippen molar-refractivity contribution in [2.24, 2.45) is 0 Å². The molecule has 4 atom stereocenters. The van der Waals surface area contributed by atoms with E-state index in [1.165, 1.54) is 40.6 Å². The topological polar surface area (TPSA) is 266 Å². The first-order chi connectivity index (χ1) is 43.9. The van der Waals surface area contributed by atoms with Gasteiger partial charge in [-0.25, -0.2) is 17.6 Å². The summed E-state index contributed by atoms with van der Waals surface area (Å²) in [7, 11) is 5.95. The number of hydrogen-bond acceptors (Lipinski definition) is 14. The quantitative estimate of drug-likeness (QED) is 0.0197. The minimum atomic E-state index is -1.44. The van der Waals surface area contributed by atoms with Gasteiger partial charge in [0.05, 0.1) is 86.7 Å². The average molecular weight is 1310 g/mol. The van der Waals surface area contributed by atoms with Crippen molar-refractivity contribution < 1.29 is 86.3 Å². The predicted octanol–water partition coefficient (Wildman–Crippen LogP) is 9.89. The SMILES string of the molecule is COc1ccc(NC(=O)c2c(-c3ccccc3)c(-c3ccc(F)c(F)c3)n(CC[C@@H](O)C[C@@H](O)CC(=O)[O-])c2C(C)C)c(OC)c1.COc1ccc(NC(=O)c2c(-c3ccccc3)c(-c3ccc(F)c(F)c3)n(CC[C@@H](O)C[C@@H](O)CC(=O)[O-])c2C(C)C)c(OC)c1.[Ca+2]. The van der Waals surface area contributed by atoms with Gasteiger partial charge >= 0.3 is 37.7 Å². The largest absolute Gasteiger partial charge is 2.00 e. The zero-order valence-corrected chi connectivity index (χ0v) is 55.0. The molecule has 0 spiro atoms. The molecule has 0 fully saturated rings. The van der Waals surface area contributed by atoms with Gasteiger partial charge in [0.15, 0.2) is 23.3 Å². The van der Waals surface area contributed by atoms with Crippen LogP contribution in [0, 0.1) is 23.3 Å². The van der Waals surface area contributed by atoms with Crippen LogP contribution in [0.25, 0.3) is 44.8 Å². The van der Waals surface area contributed by atoms with E-state index in [1.54, 1.807) is 69.8 Å². The van der Waals surface area contributed by atoms with Gasteiger partial charge in [0.25, 0.3) is 11.8 Å². The molecule has 8 aromatic rings. The van der Waals surface area contributed by atoms with E-state index in [0.29, 0.717) is 90.5 Å². The van der Waals surface area contributed by atoms with Crippen molar-refractivity contribution >= 4 is 72.9 Å². The van der Waals surface area contributed by atoms with Crippen LogP contribution < -0.4 is 39.8 Å². The molecule has 2 aromatic heterocycles. The number of aliphatic hydroxyl groups is 4. The van der Waals surface area contributed by atoms with Crippen LogP contribution in [0.4, 0.5) is 28.9 Å². The summed E-state index contributed by atoms with van der Waals surface area (Å²) in [6.07, 6.45) is -6.46. The van der Waals surface area contributed by atoms with E-state index in [2.05, 4.69) is 10.6 Å². The zero-order chi connectivity index (χ0) is 67.1. The molecule has 6 N–H and O–H groups in total. The molecule has 488 valence electrons. The number of rotatable bonds is 28. The van der Waals surface area contributed by atoms with Crippen molar-refractivity contribution in [1.82, 2.24) is 9.13 Å². The van der Waals surface area contributed by atoms with Gasteiger partial charge in [0.2, 0.25) is 0 Å². The number of nitrogens with zero attached hydrogens (tertiary/aromatic N) is 2. The molecule has 23 heteroatoms. The van der Waals surface area contributed by atoms with E-state index < -0.39 is 84.3 Å². The van der Waals surface area contributed by atoms with Crippen molar-refractivity contribution in [1.29, 1.82) is 0 Å². The molecule has 0 aliphatic rings. The van der Waals surface area contributed by atoms with E-state index in [1.807, 2.05) is 64.1 Å².